The van der Waals surface area contributed by atoms with Crippen molar-refractivity contribution in [2.45, 2.75) is 6.92 Å². The van der Waals surface area contributed by atoms with Gasteiger partial charge in [-0.15, -0.1) is 12.4 Å². The topological polar surface area (TPSA) is 47.6 Å². The normalized spacial score (nSPS) is 25.6. The summed E-state index contributed by atoms with van der Waals surface area (Å²) in [5, 5.41) is 3.17. The molecule has 0 radical (unpaired) electrons. The summed E-state index contributed by atoms with van der Waals surface area (Å²) in [7, 11) is 1.65. The number of ether oxygens (including phenoxy) is 2. The van der Waals surface area contributed by atoms with Crippen molar-refractivity contribution in [2.24, 2.45) is 11.8 Å². The summed E-state index contributed by atoms with van der Waals surface area (Å²) in [6.45, 7) is 4.46. The number of carbonyl (C=O) groups is 1. The van der Waals surface area contributed by atoms with Crippen LogP contribution in [-0.2, 0) is 14.3 Å². The van der Waals surface area contributed by atoms with E-state index in [1.807, 2.05) is 6.92 Å². The fraction of sp³-hybridized carbons (Fsp3) is 0.889. The van der Waals surface area contributed by atoms with E-state index in [0.717, 1.165) is 6.54 Å². The number of esters is 1. The third-order valence-electron chi connectivity index (χ3n) is 2.31. The van der Waals surface area contributed by atoms with Crippen molar-refractivity contribution in [3.63, 3.8) is 0 Å². The van der Waals surface area contributed by atoms with Crippen molar-refractivity contribution < 1.29 is 14.3 Å². The molecule has 14 heavy (non-hydrogen) atoms. The Morgan fingerprint density at radius 3 is 2.79 bits per heavy atom. The summed E-state index contributed by atoms with van der Waals surface area (Å²) in [4.78, 5) is 11.4. The monoisotopic (exact) mass is 223 g/mol. The summed E-state index contributed by atoms with van der Waals surface area (Å²) in [5.74, 6) is 0.137. The molecule has 0 aromatic heterocycles. The summed E-state index contributed by atoms with van der Waals surface area (Å²) >= 11 is 0. The van der Waals surface area contributed by atoms with Crippen molar-refractivity contribution in [2.75, 3.05) is 33.4 Å². The molecule has 4 nitrogen and oxygen atoms in total. The van der Waals surface area contributed by atoms with Gasteiger partial charge in [-0.25, -0.2) is 0 Å². The largest absolute Gasteiger partial charge is 0.466 e. The zero-order chi connectivity index (χ0) is 9.68. The molecule has 2 atom stereocenters. The maximum Gasteiger partial charge on any atom is 0.310 e. The number of methoxy groups -OCH3 is 1. The Hall–Kier alpha value is -0.320. The lowest BCUT2D eigenvalue weighted by atomic mass is 9.97. The Bertz CT molecular complexity index is 177. The van der Waals surface area contributed by atoms with Crippen LogP contribution in [0.4, 0.5) is 0 Å². The zero-order valence-electron chi connectivity index (χ0n) is 8.62. The van der Waals surface area contributed by atoms with E-state index >= 15 is 0 Å². The molecule has 0 spiro atoms. The van der Waals surface area contributed by atoms with Crippen LogP contribution in [-0.4, -0.2) is 39.4 Å². The first kappa shape index (κ1) is 13.7. The van der Waals surface area contributed by atoms with Crippen LogP contribution in [0.5, 0.6) is 0 Å². The first-order chi connectivity index (χ1) is 6.29. The molecule has 1 fully saturated rings. The average Bonchev–Trinajstić information content (AvgIpc) is 2.54. The molecule has 0 unspecified atom stereocenters. The molecule has 0 amide bonds. The molecule has 1 aliphatic rings. The molecule has 0 aromatic rings. The second-order valence-corrected chi connectivity index (χ2v) is 3.23. The molecule has 1 aliphatic heterocycles. The predicted octanol–water partition coefficient (Wildman–Crippen LogP) is 0.453. The van der Waals surface area contributed by atoms with Gasteiger partial charge < -0.3 is 14.8 Å². The van der Waals surface area contributed by atoms with Gasteiger partial charge in [0.15, 0.2) is 0 Å². The molecule has 84 valence electrons. The first-order valence-corrected chi connectivity index (χ1v) is 4.65. The van der Waals surface area contributed by atoms with Gasteiger partial charge in [-0.05, 0) is 6.92 Å². The van der Waals surface area contributed by atoms with Crippen LogP contribution < -0.4 is 5.32 Å². The molecule has 1 N–H and O–H groups in total. The van der Waals surface area contributed by atoms with E-state index in [4.69, 9.17) is 9.47 Å². The third-order valence-corrected chi connectivity index (χ3v) is 2.31. The molecule has 0 aliphatic carbocycles. The Labute approximate surface area is 90.7 Å². The fourth-order valence-electron chi connectivity index (χ4n) is 1.65. The third kappa shape index (κ3) is 3.44. The van der Waals surface area contributed by atoms with Crippen LogP contribution in [0.3, 0.4) is 0 Å². The van der Waals surface area contributed by atoms with Crippen LogP contribution in [0.2, 0.25) is 0 Å². The molecule has 5 heteroatoms. The lowest BCUT2D eigenvalue weighted by molar-refractivity contribution is -0.149. The van der Waals surface area contributed by atoms with Crippen molar-refractivity contribution in [3.05, 3.63) is 0 Å². The second kappa shape index (κ2) is 7.04. The van der Waals surface area contributed by atoms with Crippen molar-refractivity contribution in [1.82, 2.24) is 5.32 Å². The number of rotatable bonds is 4. The summed E-state index contributed by atoms with van der Waals surface area (Å²) in [6.07, 6.45) is 0. The highest BCUT2D eigenvalue weighted by molar-refractivity contribution is 5.85. The van der Waals surface area contributed by atoms with E-state index in [1.165, 1.54) is 0 Å². The maximum absolute atomic E-state index is 11.4. The smallest absolute Gasteiger partial charge is 0.310 e. The van der Waals surface area contributed by atoms with Gasteiger partial charge in [-0.1, -0.05) is 0 Å². The summed E-state index contributed by atoms with van der Waals surface area (Å²) < 4.78 is 10.0. The number of carbonyl (C=O) groups excluding carboxylic acids is 1. The maximum atomic E-state index is 11.4. The zero-order valence-corrected chi connectivity index (χ0v) is 9.43. The molecule has 0 bridgehead atoms. The van der Waals surface area contributed by atoms with Gasteiger partial charge in [0.25, 0.3) is 0 Å². The van der Waals surface area contributed by atoms with E-state index < -0.39 is 0 Å². The Kier molecular flexibility index (Phi) is 6.87. The van der Waals surface area contributed by atoms with Gasteiger partial charge in [0.1, 0.15) is 0 Å². The highest BCUT2D eigenvalue weighted by Crippen LogP contribution is 2.18. The van der Waals surface area contributed by atoms with E-state index in [0.29, 0.717) is 19.8 Å². The van der Waals surface area contributed by atoms with Crippen LogP contribution in [0, 0.1) is 11.8 Å². The van der Waals surface area contributed by atoms with Crippen LogP contribution in [0.25, 0.3) is 0 Å². The standard InChI is InChI=1S/C9H17NO3.ClH/c1-3-13-9(11)8-5-10-4-7(8)6-12-2;/h7-8,10H,3-6H2,1-2H3;1H/t7-,8-;/m1./s1. The number of nitrogens with one attached hydrogen (secondary N) is 1. The van der Waals surface area contributed by atoms with Gasteiger partial charge in [0.2, 0.25) is 0 Å². The predicted molar refractivity (Wildman–Crippen MR) is 55.6 cm³/mol. The molecular formula is C9H18ClNO3. The molecular weight excluding hydrogens is 206 g/mol. The molecule has 0 saturated carbocycles. The quantitative estimate of drug-likeness (QED) is 0.704. The summed E-state index contributed by atoms with van der Waals surface area (Å²) in [6, 6.07) is 0. The minimum atomic E-state index is -0.102. The van der Waals surface area contributed by atoms with Crippen LogP contribution in [0.15, 0.2) is 0 Å². The Balaban J connectivity index is 0.00000169. The van der Waals surface area contributed by atoms with E-state index in [-0.39, 0.29) is 30.2 Å². The summed E-state index contributed by atoms with van der Waals surface area (Å²) in [5.41, 5.74) is 0. The fourth-order valence-corrected chi connectivity index (χ4v) is 1.65. The first-order valence-electron chi connectivity index (χ1n) is 4.65. The highest BCUT2D eigenvalue weighted by atomic mass is 35.5. The van der Waals surface area contributed by atoms with Gasteiger partial charge >= 0.3 is 5.97 Å². The minimum absolute atomic E-state index is 0. The number of halogens is 1. The molecule has 1 heterocycles. The second-order valence-electron chi connectivity index (χ2n) is 3.23. The van der Waals surface area contributed by atoms with Gasteiger partial charge in [-0.2, -0.15) is 0 Å². The van der Waals surface area contributed by atoms with E-state index in [9.17, 15) is 4.79 Å². The molecule has 0 aromatic carbocycles. The minimum Gasteiger partial charge on any atom is -0.466 e. The van der Waals surface area contributed by atoms with Crippen molar-refractivity contribution >= 4 is 18.4 Å². The van der Waals surface area contributed by atoms with E-state index in [2.05, 4.69) is 5.32 Å². The number of hydrogen-bond acceptors (Lipinski definition) is 4. The molecule has 1 rings (SSSR count). The SMILES string of the molecule is CCOC(=O)[C@@H]1CNC[C@@H]1COC.Cl. The van der Waals surface area contributed by atoms with Gasteiger partial charge in [-0.3, -0.25) is 4.79 Å². The van der Waals surface area contributed by atoms with Crippen molar-refractivity contribution in [3.8, 4) is 0 Å². The van der Waals surface area contributed by atoms with Gasteiger partial charge in [0.05, 0.1) is 19.1 Å². The Morgan fingerprint density at radius 1 is 1.50 bits per heavy atom. The Morgan fingerprint density at radius 2 is 2.21 bits per heavy atom. The lowest BCUT2D eigenvalue weighted by Crippen LogP contribution is -2.27. The van der Waals surface area contributed by atoms with Crippen LogP contribution >= 0.6 is 12.4 Å². The number of hydrogen-bond donors (Lipinski definition) is 1. The highest BCUT2D eigenvalue weighted by Gasteiger charge is 2.33. The molecule has 1 saturated heterocycles. The van der Waals surface area contributed by atoms with Crippen molar-refractivity contribution in [1.29, 1.82) is 0 Å². The van der Waals surface area contributed by atoms with Gasteiger partial charge in [0, 0.05) is 26.1 Å². The van der Waals surface area contributed by atoms with Crippen LogP contribution in [0.1, 0.15) is 6.92 Å². The van der Waals surface area contributed by atoms with E-state index in [1.54, 1.807) is 7.11 Å². The lowest BCUT2D eigenvalue weighted by Gasteiger charge is -2.15. The average molecular weight is 224 g/mol.